The SMILES string of the molecule is FC(F)(F)Oc1[c]c2c(cc1)OC=CO2. The molecule has 0 bridgehead atoms. The predicted molar refractivity (Wildman–Crippen MR) is 42.4 cm³/mol. The first-order valence-electron chi connectivity index (χ1n) is 3.85. The summed E-state index contributed by atoms with van der Waals surface area (Å²) in [5, 5.41) is 0. The van der Waals surface area contributed by atoms with Gasteiger partial charge in [0.1, 0.15) is 18.3 Å². The minimum atomic E-state index is -4.74. The second-order valence-corrected chi connectivity index (χ2v) is 2.57. The molecular formula is C9H4F3O3. The summed E-state index contributed by atoms with van der Waals surface area (Å²) in [7, 11) is 0. The number of halogens is 3. The summed E-state index contributed by atoms with van der Waals surface area (Å²) < 4.78 is 49.0. The number of ether oxygens (including phenoxy) is 3. The molecule has 0 aromatic heterocycles. The van der Waals surface area contributed by atoms with Crippen LogP contribution in [0.15, 0.2) is 24.7 Å². The van der Waals surface area contributed by atoms with Crippen LogP contribution in [0.1, 0.15) is 0 Å². The van der Waals surface area contributed by atoms with E-state index in [1.807, 2.05) is 0 Å². The summed E-state index contributed by atoms with van der Waals surface area (Å²) >= 11 is 0. The Kier molecular flexibility index (Phi) is 2.18. The fourth-order valence-corrected chi connectivity index (χ4v) is 1.00. The minimum Gasteiger partial charge on any atom is -0.458 e. The molecule has 0 amide bonds. The van der Waals surface area contributed by atoms with E-state index in [1.165, 1.54) is 18.6 Å². The van der Waals surface area contributed by atoms with Crippen molar-refractivity contribution in [3.05, 3.63) is 30.7 Å². The number of hydrogen-bond acceptors (Lipinski definition) is 3. The third-order valence-electron chi connectivity index (χ3n) is 1.51. The van der Waals surface area contributed by atoms with Gasteiger partial charge < -0.3 is 14.2 Å². The van der Waals surface area contributed by atoms with Gasteiger partial charge in [-0.2, -0.15) is 0 Å². The fraction of sp³-hybridized carbons (Fsp3) is 0.111. The van der Waals surface area contributed by atoms with Crippen molar-refractivity contribution >= 4 is 0 Å². The van der Waals surface area contributed by atoms with Crippen LogP contribution in [0.2, 0.25) is 0 Å². The Balaban J connectivity index is 2.23. The van der Waals surface area contributed by atoms with E-state index in [9.17, 15) is 13.2 Å². The van der Waals surface area contributed by atoms with Crippen LogP contribution in [0, 0.1) is 6.07 Å². The van der Waals surface area contributed by atoms with Crippen LogP contribution in [0.25, 0.3) is 0 Å². The van der Waals surface area contributed by atoms with Crippen LogP contribution in [0.4, 0.5) is 13.2 Å². The topological polar surface area (TPSA) is 27.7 Å². The molecule has 1 aromatic rings. The lowest BCUT2D eigenvalue weighted by atomic mass is 10.3. The largest absolute Gasteiger partial charge is 0.573 e. The Bertz CT molecular complexity index is 398. The number of hydrogen-bond donors (Lipinski definition) is 0. The zero-order chi connectivity index (χ0) is 10.9. The highest BCUT2D eigenvalue weighted by molar-refractivity contribution is 5.46. The summed E-state index contributed by atoms with van der Waals surface area (Å²) in [5.74, 6) is -0.133. The van der Waals surface area contributed by atoms with E-state index in [2.05, 4.69) is 10.8 Å². The lowest BCUT2D eigenvalue weighted by Crippen LogP contribution is -2.17. The molecule has 2 rings (SSSR count). The fourth-order valence-electron chi connectivity index (χ4n) is 1.00. The number of alkyl halides is 3. The highest BCUT2D eigenvalue weighted by Gasteiger charge is 2.31. The zero-order valence-electron chi connectivity index (χ0n) is 7.17. The molecule has 79 valence electrons. The van der Waals surface area contributed by atoms with Gasteiger partial charge in [0.15, 0.2) is 11.5 Å². The molecule has 1 aliphatic rings. The zero-order valence-corrected chi connectivity index (χ0v) is 7.17. The maximum absolute atomic E-state index is 11.8. The molecule has 1 heterocycles. The standard InChI is InChI=1S/C9H4F3O3/c10-9(11,12)15-6-1-2-7-8(5-6)14-4-3-13-7/h1-4H. The number of benzene rings is 1. The number of fused-ring (bicyclic) bond motifs is 1. The van der Waals surface area contributed by atoms with Crippen LogP contribution >= 0.6 is 0 Å². The predicted octanol–water partition coefficient (Wildman–Crippen LogP) is 2.63. The monoisotopic (exact) mass is 217 g/mol. The number of rotatable bonds is 1. The summed E-state index contributed by atoms with van der Waals surface area (Å²) in [6.07, 6.45) is -2.28. The first-order valence-corrected chi connectivity index (χ1v) is 3.85. The normalized spacial score (nSPS) is 13.8. The summed E-state index contributed by atoms with van der Waals surface area (Å²) in [4.78, 5) is 0. The summed E-state index contributed by atoms with van der Waals surface area (Å²) in [5.41, 5.74) is 0. The highest BCUT2D eigenvalue weighted by Crippen LogP contribution is 2.34. The van der Waals surface area contributed by atoms with Crippen LogP contribution in [-0.4, -0.2) is 6.36 Å². The van der Waals surface area contributed by atoms with Gasteiger partial charge >= 0.3 is 6.36 Å². The lowest BCUT2D eigenvalue weighted by Gasteiger charge is -2.13. The van der Waals surface area contributed by atoms with Crippen LogP contribution in [-0.2, 0) is 0 Å². The Morgan fingerprint density at radius 1 is 1.13 bits per heavy atom. The third-order valence-corrected chi connectivity index (χ3v) is 1.51. The van der Waals surface area contributed by atoms with Gasteiger partial charge in [-0.15, -0.1) is 13.2 Å². The van der Waals surface area contributed by atoms with Crippen molar-refractivity contribution in [1.29, 1.82) is 0 Å². The molecule has 0 fully saturated rings. The van der Waals surface area contributed by atoms with Crippen molar-refractivity contribution < 1.29 is 27.4 Å². The molecule has 0 unspecified atom stereocenters. The molecule has 1 radical (unpaired) electrons. The van der Waals surface area contributed by atoms with Gasteiger partial charge in [0.2, 0.25) is 0 Å². The first-order chi connectivity index (χ1) is 7.04. The Labute approximate surface area is 82.7 Å². The molecule has 0 saturated heterocycles. The molecule has 6 heteroatoms. The molecule has 15 heavy (non-hydrogen) atoms. The van der Waals surface area contributed by atoms with Crippen LogP contribution < -0.4 is 14.2 Å². The van der Waals surface area contributed by atoms with Crippen molar-refractivity contribution in [1.82, 2.24) is 0 Å². The smallest absolute Gasteiger partial charge is 0.458 e. The van der Waals surface area contributed by atoms with Crippen molar-refractivity contribution in [3.8, 4) is 17.2 Å². The maximum Gasteiger partial charge on any atom is 0.573 e. The average molecular weight is 217 g/mol. The quantitative estimate of drug-likeness (QED) is 0.723. The third kappa shape index (κ3) is 2.34. The van der Waals surface area contributed by atoms with Crippen molar-refractivity contribution in [2.24, 2.45) is 0 Å². The van der Waals surface area contributed by atoms with Crippen LogP contribution in [0.5, 0.6) is 17.2 Å². The van der Waals surface area contributed by atoms with Gasteiger partial charge in [-0.3, -0.25) is 0 Å². The van der Waals surface area contributed by atoms with Gasteiger partial charge in [-0.25, -0.2) is 0 Å². The van der Waals surface area contributed by atoms with E-state index >= 15 is 0 Å². The van der Waals surface area contributed by atoms with E-state index in [-0.39, 0.29) is 11.5 Å². The molecule has 0 atom stereocenters. The van der Waals surface area contributed by atoms with Gasteiger partial charge in [0.05, 0.1) is 6.07 Å². The molecule has 0 saturated carbocycles. The lowest BCUT2D eigenvalue weighted by molar-refractivity contribution is -0.274. The van der Waals surface area contributed by atoms with Gasteiger partial charge in [-0.1, -0.05) is 0 Å². The Morgan fingerprint density at radius 3 is 2.60 bits per heavy atom. The molecule has 0 aliphatic carbocycles. The summed E-state index contributed by atoms with van der Waals surface area (Å²) in [6.45, 7) is 0. The van der Waals surface area contributed by atoms with Crippen LogP contribution in [0.3, 0.4) is 0 Å². The average Bonchev–Trinajstić information content (AvgIpc) is 2.15. The molecular weight excluding hydrogens is 213 g/mol. The highest BCUT2D eigenvalue weighted by atomic mass is 19.4. The van der Waals surface area contributed by atoms with E-state index in [4.69, 9.17) is 9.47 Å². The first kappa shape index (κ1) is 9.70. The van der Waals surface area contributed by atoms with Gasteiger partial charge in [0.25, 0.3) is 0 Å². The van der Waals surface area contributed by atoms with E-state index in [1.54, 1.807) is 0 Å². The van der Waals surface area contributed by atoms with Crippen molar-refractivity contribution in [2.75, 3.05) is 0 Å². The second kappa shape index (κ2) is 3.38. The second-order valence-electron chi connectivity index (χ2n) is 2.57. The van der Waals surface area contributed by atoms with Crippen molar-refractivity contribution in [2.45, 2.75) is 6.36 Å². The Hall–Kier alpha value is -1.85. The van der Waals surface area contributed by atoms with Crippen molar-refractivity contribution in [3.63, 3.8) is 0 Å². The molecule has 1 aliphatic heterocycles. The molecule has 1 aromatic carbocycles. The maximum atomic E-state index is 11.8. The molecule has 0 spiro atoms. The molecule has 0 N–H and O–H groups in total. The molecule has 3 nitrogen and oxygen atoms in total. The van der Waals surface area contributed by atoms with E-state index < -0.39 is 12.1 Å². The van der Waals surface area contributed by atoms with E-state index in [0.29, 0.717) is 0 Å². The van der Waals surface area contributed by atoms with Gasteiger partial charge in [-0.05, 0) is 12.1 Å². The summed E-state index contributed by atoms with van der Waals surface area (Å²) in [6, 6.07) is 4.67. The van der Waals surface area contributed by atoms with E-state index in [0.717, 1.165) is 6.07 Å². The van der Waals surface area contributed by atoms with Gasteiger partial charge in [0, 0.05) is 0 Å². The Morgan fingerprint density at radius 2 is 1.87 bits per heavy atom. The minimum absolute atomic E-state index is 0.0549.